The van der Waals surface area contributed by atoms with E-state index in [1.165, 1.54) is 0 Å². The molecule has 0 bridgehead atoms. The van der Waals surface area contributed by atoms with Crippen LogP contribution in [0.1, 0.15) is 24.7 Å². The zero-order valence-electron chi connectivity index (χ0n) is 10.5. The van der Waals surface area contributed by atoms with E-state index in [4.69, 9.17) is 21.8 Å². The molecule has 0 saturated heterocycles. The standard InChI is InChI=1S/C14H11ClN4O/c15-10-4-11-12(20-13(19-11)7-1-2-7)3-9(10)8-5-17-14(16)18-6-8/h3-7H,1-2H2,(H2,16,17,18). The number of hydrogen-bond donors (Lipinski definition) is 1. The number of halogens is 1. The molecule has 1 aliphatic carbocycles. The van der Waals surface area contributed by atoms with Crippen LogP contribution in [-0.4, -0.2) is 15.0 Å². The molecule has 4 rings (SSSR count). The monoisotopic (exact) mass is 286 g/mol. The highest BCUT2D eigenvalue weighted by atomic mass is 35.5. The number of hydrogen-bond acceptors (Lipinski definition) is 5. The lowest BCUT2D eigenvalue weighted by molar-refractivity contribution is 0.533. The Morgan fingerprint density at radius 3 is 2.65 bits per heavy atom. The molecule has 0 unspecified atom stereocenters. The molecule has 20 heavy (non-hydrogen) atoms. The van der Waals surface area contributed by atoms with E-state index in [1.54, 1.807) is 12.4 Å². The van der Waals surface area contributed by atoms with E-state index in [0.717, 1.165) is 41.0 Å². The van der Waals surface area contributed by atoms with Crippen molar-refractivity contribution in [3.63, 3.8) is 0 Å². The van der Waals surface area contributed by atoms with Gasteiger partial charge in [0.05, 0.1) is 5.02 Å². The third-order valence-corrected chi connectivity index (χ3v) is 3.72. The van der Waals surface area contributed by atoms with E-state index in [-0.39, 0.29) is 5.95 Å². The number of nitrogens with two attached hydrogens (primary N) is 1. The Kier molecular flexibility index (Phi) is 2.44. The zero-order valence-corrected chi connectivity index (χ0v) is 11.3. The van der Waals surface area contributed by atoms with E-state index in [1.807, 2.05) is 12.1 Å². The van der Waals surface area contributed by atoms with Gasteiger partial charge in [-0.15, -0.1) is 0 Å². The van der Waals surface area contributed by atoms with Crippen molar-refractivity contribution in [2.45, 2.75) is 18.8 Å². The van der Waals surface area contributed by atoms with Gasteiger partial charge in [0.15, 0.2) is 11.5 Å². The van der Waals surface area contributed by atoms with Crippen LogP contribution in [0.25, 0.3) is 22.2 Å². The third-order valence-electron chi connectivity index (χ3n) is 3.40. The molecule has 1 saturated carbocycles. The number of rotatable bonds is 2. The highest BCUT2D eigenvalue weighted by Gasteiger charge is 2.29. The van der Waals surface area contributed by atoms with Gasteiger partial charge in [-0.25, -0.2) is 15.0 Å². The van der Waals surface area contributed by atoms with Crippen LogP contribution in [0.5, 0.6) is 0 Å². The maximum Gasteiger partial charge on any atom is 0.219 e. The first-order chi connectivity index (χ1) is 9.70. The third kappa shape index (κ3) is 1.91. The highest BCUT2D eigenvalue weighted by Crippen LogP contribution is 2.41. The lowest BCUT2D eigenvalue weighted by Crippen LogP contribution is -1.93. The second-order valence-electron chi connectivity index (χ2n) is 4.96. The number of aromatic nitrogens is 3. The van der Waals surface area contributed by atoms with Gasteiger partial charge in [-0.05, 0) is 25.0 Å². The number of oxazole rings is 1. The summed E-state index contributed by atoms with van der Waals surface area (Å²) >= 11 is 6.31. The van der Waals surface area contributed by atoms with Gasteiger partial charge in [0.2, 0.25) is 5.95 Å². The molecule has 0 atom stereocenters. The van der Waals surface area contributed by atoms with Crippen molar-refractivity contribution in [1.82, 2.24) is 15.0 Å². The number of nitrogens with zero attached hydrogens (tertiary/aromatic N) is 3. The van der Waals surface area contributed by atoms with Crippen molar-refractivity contribution < 1.29 is 4.42 Å². The Balaban J connectivity index is 1.86. The van der Waals surface area contributed by atoms with Crippen molar-refractivity contribution in [2.24, 2.45) is 0 Å². The Morgan fingerprint density at radius 1 is 1.20 bits per heavy atom. The number of nitrogen functional groups attached to an aromatic ring is 1. The summed E-state index contributed by atoms with van der Waals surface area (Å²) in [5, 5.41) is 0.599. The molecule has 6 heteroatoms. The first-order valence-electron chi connectivity index (χ1n) is 6.38. The summed E-state index contributed by atoms with van der Waals surface area (Å²) in [6, 6.07) is 3.70. The van der Waals surface area contributed by atoms with Crippen LogP contribution >= 0.6 is 11.6 Å². The minimum atomic E-state index is 0.238. The quantitative estimate of drug-likeness (QED) is 0.781. The van der Waals surface area contributed by atoms with Gasteiger partial charge in [0.1, 0.15) is 5.52 Å². The van der Waals surface area contributed by atoms with Crippen LogP contribution < -0.4 is 5.73 Å². The lowest BCUT2D eigenvalue weighted by atomic mass is 10.1. The Labute approximate surface area is 119 Å². The molecule has 0 aliphatic heterocycles. The van der Waals surface area contributed by atoms with E-state index < -0.39 is 0 Å². The van der Waals surface area contributed by atoms with Gasteiger partial charge < -0.3 is 10.2 Å². The van der Waals surface area contributed by atoms with Gasteiger partial charge in [0.25, 0.3) is 0 Å². The molecule has 3 aromatic rings. The normalized spacial score (nSPS) is 14.8. The fraction of sp³-hybridized carbons (Fsp3) is 0.214. The van der Waals surface area contributed by atoms with E-state index in [9.17, 15) is 0 Å². The predicted octanol–water partition coefficient (Wildman–Crippen LogP) is 3.40. The van der Waals surface area contributed by atoms with E-state index in [0.29, 0.717) is 10.9 Å². The molecule has 1 aromatic carbocycles. The second-order valence-corrected chi connectivity index (χ2v) is 5.36. The van der Waals surface area contributed by atoms with Crippen molar-refractivity contribution >= 4 is 28.6 Å². The van der Waals surface area contributed by atoms with E-state index in [2.05, 4.69) is 15.0 Å². The molecule has 0 amide bonds. The molecular weight excluding hydrogens is 276 g/mol. The molecule has 5 nitrogen and oxygen atoms in total. The van der Waals surface area contributed by atoms with Crippen LogP contribution in [0.4, 0.5) is 5.95 Å². The van der Waals surface area contributed by atoms with Crippen molar-refractivity contribution in [3.05, 3.63) is 35.4 Å². The Bertz CT molecular complexity index is 793. The molecule has 100 valence electrons. The molecular formula is C14H11ClN4O. The van der Waals surface area contributed by atoms with Gasteiger partial charge in [0, 0.05) is 29.4 Å². The average Bonchev–Trinajstić information content (AvgIpc) is 3.20. The SMILES string of the molecule is Nc1ncc(-c2cc3oc(C4CC4)nc3cc2Cl)cn1. The second kappa shape index (κ2) is 4.18. The Hall–Kier alpha value is -2.14. The van der Waals surface area contributed by atoms with Crippen LogP contribution in [0.3, 0.4) is 0 Å². The number of anilines is 1. The Morgan fingerprint density at radius 2 is 1.95 bits per heavy atom. The summed E-state index contributed by atoms with van der Waals surface area (Å²) in [5.74, 6) is 1.52. The maximum absolute atomic E-state index is 6.31. The number of fused-ring (bicyclic) bond motifs is 1. The summed E-state index contributed by atoms with van der Waals surface area (Å²) in [7, 11) is 0. The highest BCUT2D eigenvalue weighted by molar-refractivity contribution is 6.34. The van der Waals surface area contributed by atoms with Gasteiger partial charge in [-0.2, -0.15) is 0 Å². The fourth-order valence-corrected chi connectivity index (χ4v) is 2.44. The number of benzene rings is 1. The lowest BCUT2D eigenvalue weighted by Gasteiger charge is -2.03. The molecule has 2 aromatic heterocycles. The predicted molar refractivity (Wildman–Crippen MR) is 76.4 cm³/mol. The van der Waals surface area contributed by atoms with Crippen LogP contribution in [-0.2, 0) is 0 Å². The minimum absolute atomic E-state index is 0.238. The smallest absolute Gasteiger partial charge is 0.219 e. The topological polar surface area (TPSA) is 77.8 Å². The van der Waals surface area contributed by atoms with Crippen LogP contribution in [0, 0.1) is 0 Å². The minimum Gasteiger partial charge on any atom is -0.440 e. The van der Waals surface area contributed by atoms with Gasteiger partial charge in [-0.3, -0.25) is 0 Å². The average molecular weight is 287 g/mol. The van der Waals surface area contributed by atoms with Gasteiger partial charge in [-0.1, -0.05) is 11.6 Å². The summed E-state index contributed by atoms with van der Waals surface area (Å²) in [6.07, 6.45) is 5.60. The molecule has 1 aliphatic rings. The molecule has 2 N–H and O–H groups in total. The fourth-order valence-electron chi connectivity index (χ4n) is 2.17. The molecule has 1 fully saturated rings. The largest absolute Gasteiger partial charge is 0.440 e. The summed E-state index contributed by atoms with van der Waals surface area (Å²) in [4.78, 5) is 12.4. The summed E-state index contributed by atoms with van der Waals surface area (Å²) in [5.41, 5.74) is 8.64. The first-order valence-corrected chi connectivity index (χ1v) is 6.76. The van der Waals surface area contributed by atoms with Crippen molar-refractivity contribution in [3.8, 4) is 11.1 Å². The van der Waals surface area contributed by atoms with Crippen LogP contribution in [0.15, 0.2) is 28.9 Å². The summed E-state index contributed by atoms with van der Waals surface area (Å²) < 4.78 is 5.80. The van der Waals surface area contributed by atoms with Crippen molar-refractivity contribution in [2.75, 3.05) is 5.73 Å². The molecule has 2 heterocycles. The van der Waals surface area contributed by atoms with Crippen LogP contribution in [0.2, 0.25) is 5.02 Å². The molecule has 0 spiro atoms. The van der Waals surface area contributed by atoms with E-state index >= 15 is 0 Å². The van der Waals surface area contributed by atoms with Gasteiger partial charge >= 0.3 is 0 Å². The summed E-state index contributed by atoms with van der Waals surface area (Å²) in [6.45, 7) is 0. The van der Waals surface area contributed by atoms with Crippen molar-refractivity contribution in [1.29, 1.82) is 0 Å². The molecule has 0 radical (unpaired) electrons. The zero-order chi connectivity index (χ0) is 13.7. The maximum atomic E-state index is 6.31. The first kappa shape index (κ1) is 11.7.